The third kappa shape index (κ3) is 3.71. The van der Waals surface area contributed by atoms with Crippen molar-refractivity contribution < 1.29 is 14.6 Å². The Morgan fingerprint density at radius 3 is 2.85 bits per heavy atom. The average Bonchev–Trinajstić information content (AvgIpc) is 2.43. The lowest BCUT2D eigenvalue weighted by Crippen LogP contribution is -2.21. The SMILES string of the molecule is O=C(O)c1cccc(OCCn2cc(Br)ccc2=O)c1. The Balaban J connectivity index is 1.99. The lowest BCUT2D eigenvalue weighted by molar-refractivity contribution is 0.0696. The Bertz CT molecular complexity index is 681. The van der Waals surface area contributed by atoms with Crippen LogP contribution in [0.2, 0.25) is 0 Å². The topological polar surface area (TPSA) is 68.5 Å². The summed E-state index contributed by atoms with van der Waals surface area (Å²) in [7, 11) is 0. The fourth-order valence-corrected chi connectivity index (χ4v) is 2.04. The van der Waals surface area contributed by atoms with Crippen LogP contribution in [0.15, 0.2) is 51.9 Å². The molecule has 0 aliphatic heterocycles. The zero-order valence-electron chi connectivity index (χ0n) is 10.5. The molecule has 0 unspecified atom stereocenters. The Morgan fingerprint density at radius 1 is 1.30 bits per heavy atom. The predicted octanol–water partition coefficient (Wildman–Crippen LogP) is 2.39. The fourth-order valence-electron chi connectivity index (χ4n) is 1.66. The van der Waals surface area contributed by atoms with Crippen molar-refractivity contribution in [3.63, 3.8) is 0 Å². The van der Waals surface area contributed by atoms with Crippen LogP contribution in [0, 0.1) is 0 Å². The van der Waals surface area contributed by atoms with Gasteiger partial charge in [0.2, 0.25) is 0 Å². The predicted molar refractivity (Wildman–Crippen MR) is 77.3 cm³/mol. The van der Waals surface area contributed by atoms with E-state index in [0.29, 0.717) is 12.3 Å². The minimum absolute atomic E-state index is 0.115. The highest BCUT2D eigenvalue weighted by atomic mass is 79.9. The summed E-state index contributed by atoms with van der Waals surface area (Å²) in [6.07, 6.45) is 1.68. The van der Waals surface area contributed by atoms with Gasteiger partial charge in [0, 0.05) is 16.7 Å². The number of halogens is 1. The number of rotatable bonds is 5. The summed E-state index contributed by atoms with van der Waals surface area (Å²) in [5.41, 5.74) is 0.0539. The van der Waals surface area contributed by atoms with E-state index < -0.39 is 5.97 Å². The number of ether oxygens (including phenoxy) is 1. The molecule has 0 amide bonds. The van der Waals surface area contributed by atoms with Gasteiger partial charge in [-0.25, -0.2) is 4.79 Å². The number of aromatic carboxylic acids is 1. The van der Waals surface area contributed by atoms with Crippen molar-refractivity contribution in [2.75, 3.05) is 6.61 Å². The van der Waals surface area contributed by atoms with Gasteiger partial charge in [0.1, 0.15) is 12.4 Å². The summed E-state index contributed by atoms with van der Waals surface area (Å²) in [4.78, 5) is 22.4. The summed E-state index contributed by atoms with van der Waals surface area (Å²) in [6.45, 7) is 0.662. The van der Waals surface area contributed by atoms with Crippen LogP contribution in [-0.2, 0) is 6.54 Å². The highest BCUT2D eigenvalue weighted by Crippen LogP contribution is 2.13. The highest BCUT2D eigenvalue weighted by molar-refractivity contribution is 9.10. The van der Waals surface area contributed by atoms with Crippen LogP contribution in [0.1, 0.15) is 10.4 Å². The van der Waals surface area contributed by atoms with Crippen molar-refractivity contribution in [3.8, 4) is 5.75 Å². The Morgan fingerprint density at radius 2 is 2.10 bits per heavy atom. The first-order valence-electron chi connectivity index (χ1n) is 5.88. The second-order valence-electron chi connectivity index (χ2n) is 4.06. The molecular weight excluding hydrogens is 326 g/mol. The second-order valence-corrected chi connectivity index (χ2v) is 4.98. The van der Waals surface area contributed by atoms with Crippen molar-refractivity contribution in [2.24, 2.45) is 0 Å². The van der Waals surface area contributed by atoms with E-state index in [0.717, 1.165) is 4.47 Å². The molecule has 20 heavy (non-hydrogen) atoms. The molecule has 104 valence electrons. The van der Waals surface area contributed by atoms with Gasteiger partial charge >= 0.3 is 5.97 Å². The summed E-state index contributed by atoms with van der Waals surface area (Å²) in [5.74, 6) is -0.536. The minimum Gasteiger partial charge on any atom is -0.492 e. The Kier molecular flexibility index (Phi) is 4.57. The fraction of sp³-hybridized carbons (Fsp3) is 0.143. The van der Waals surface area contributed by atoms with Gasteiger partial charge in [-0.3, -0.25) is 4.79 Å². The molecule has 6 heteroatoms. The molecule has 0 radical (unpaired) electrons. The van der Waals surface area contributed by atoms with Crippen LogP contribution in [0.25, 0.3) is 0 Å². The molecule has 0 bridgehead atoms. The van der Waals surface area contributed by atoms with E-state index in [1.165, 1.54) is 22.8 Å². The summed E-state index contributed by atoms with van der Waals surface area (Å²) in [6, 6.07) is 9.38. The van der Waals surface area contributed by atoms with Gasteiger partial charge in [0.25, 0.3) is 5.56 Å². The lowest BCUT2D eigenvalue weighted by atomic mass is 10.2. The van der Waals surface area contributed by atoms with Gasteiger partial charge in [-0.15, -0.1) is 0 Å². The summed E-state index contributed by atoms with van der Waals surface area (Å²) in [5, 5.41) is 8.87. The van der Waals surface area contributed by atoms with Crippen LogP contribution in [-0.4, -0.2) is 22.2 Å². The molecule has 5 nitrogen and oxygen atoms in total. The quantitative estimate of drug-likeness (QED) is 0.909. The van der Waals surface area contributed by atoms with Gasteiger partial charge in [-0.1, -0.05) is 6.07 Å². The molecule has 0 saturated carbocycles. The molecule has 0 saturated heterocycles. The summed E-state index contributed by atoms with van der Waals surface area (Å²) < 4.78 is 7.79. The van der Waals surface area contributed by atoms with Crippen LogP contribution in [0.3, 0.4) is 0 Å². The number of hydrogen-bond acceptors (Lipinski definition) is 3. The number of aromatic nitrogens is 1. The van der Waals surface area contributed by atoms with E-state index in [4.69, 9.17) is 9.84 Å². The zero-order chi connectivity index (χ0) is 14.5. The number of carboxylic acid groups (broad SMARTS) is 1. The largest absolute Gasteiger partial charge is 0.492 e. The van der Waals surface area contributed by atoms with Gasteiger partial charge in [0.05, 0.1) is 12.1 Å². The molecule has 0 spiro atoms. The minimum atomic E-state index is -1.00. The molecule has 2 aromatic rings. The molecule has 0 fully saturated rings. The highest BCUT2D eigenvalue weighted by Gasteiger charge is 2.04. The number of hydrogen-bond donors (Lipinski definition) is 1. The van der Waals surface area contributed by atoms with Crippen LogP contribution < -0.4 is 10.3 Å². The first-order valence-corrected chi connectivity index (χ1v) is 6.68. The van der Waals surface area contributed by atoms with Crippen molar-refractivity contribution in [2.45, 2.75) is 6.54 Å². The van der Waals surface area contributed by atoms with Crippen molar-refractivity contribution >= 4 is 21.9 Å². The van der Waals surface area contributed by atoms with E-state index in [1.807, 2.05) is 0 Å². The Hall–Kier alpha value is -2.08. The van der Waals surface area contributed by atoms with Gasteiger partial charge < -0.3 is 14.4 Å². The van der Waals surface area contributed by atoms with Crippen LogP contribution in [0.5, 0.6) is 5.75 Å². The van der Waals surface area contributed by atoms with Gasteiger partial charge in [0.15, 0.2) is 0 Å². The number of carboxylic acids is 1. The summed E-state index contributed by atoms with van der Waals surface area (Å²) >= 11 is 3.29. The molecule has 2 rings (SSSR count). The first kappa shape index (κ1) is 14.3. The number of benzene rings is 1. The average molecular weight is 338 g/mol. The monoisotopic (exact) mass is 337 g/mol. The normalized spacial score (nSPS) is 10.2. The number of nitrogens with zero attached hydrogens (tertiary/aromatic N) is 1. The second kappa shape index (κ2) is 6.38. The van der Waals surface area contributed by atoms with Crippen LogP contribution >= 0.6 is 15.9 Å². The van der Waals surface area contributed by atoms with Crippen molar-refractivity contribution in [1.29, 1.82) is 0 Å². The molecule has 1 heterocycles. The van der Waals surface area contributed by atoms with Gasteiger partial charge in [-0.05, 0) is 40.2 Å². The van der Waals surface area contributed by atoms with Crippen molar-refractivity contribution in [1.82, 2.24) is 4.57 Å². The maximum Gasteiger partial charge on any atom is 0.335 e. The molecule has 0 aliphatic carbocycles. The molecule has 0 atom stereocenters. The molecule has 1 N–H and O–H groups in total. The van der Waals surface area contributed by atoms with Crippen molar-refractivity contribution in [3.05, 3.63) is 63.0 Å². The van der Waals surface area contributed by atoms with E-state index in [2.05, 4.69) is 15.9 Å². The van der Waals surface area contributed by atoms with Gasteiger partial charge in [-0.2, -0.15) is 0 Å². The molecule has 1 aromatic carbocycles. The van der Waals surface area contributed by atoms with Crippen LogP contribution in [0.4, 0.5) is 0 Å². The maximum absolute atomic E-state index is 11.6. The maximum atomic E-state index is 11.6. The lowest BCUT2D eigenvalue weighted by Gasteiger charge is -2.09. The Labute approximate surface area is 123 Å². The zero-order valence-corrected chi connectivity index (χ0v) is 12.0. The first-order chi connectivity index (χ1) is 9.56. The molecular formula is C14H12BrNO4. The van der Waals surface area contributed by atoms with E-state index in [9.17, 15) is 9.59 Å². The molecule has 1 aromatic heterocycles. The van der Waals surface area contributed by atoms with E-state index in [-0.39, 0.29) is 17.7 Å². The third-order valence-corrected chi connectivity index (χ3v) is 3.10. The van der Waals surface area contributed by atoms with E-state index >= 15 is 0 Å². The number of pyridine rings is 1. The standard InChI is InChI=1S/C14H12BrNO4/c15-11-4-5-13(17)16(9-11)6-7-20-12-3-1-2-10(8-12)14(18)19/h1-5,8-9H,6-7H2,(H,18,19). The number of carbonyl (C=O) groups is 1. The van der Waals surface area contributed by atoms with E-state index in [1.54, 1.807) is 24.4 Å². The smallest absolute Gasteiger partial charge is 0.335 e. The third-order valence-electron chi connectivity index (χ3n) is 2.63. The molecule has 0 aliphatic rings.